The normalized spacial score (nSPS) is 15.3. The van der Waals surface area contributed by atoms with Crippen LogP contribution >= 0.6 is 12.2 Å². The van der Waals surface area contributed by atoms with Crippen LogP contribution in [0.1, 0.15) is 24.2 Å². The average molecular weight is 291 g/mol. The lowest BCUT2D eigenvalue weighted by Gasteiger charge is -2.36. The van der Waals surface area contributed by atoms with Gasteiger partial charge in [-0.2, -0.15) is 0 Å². The molecule has 1 aliphatic rings. The summed E-state index contributed by atoms with van der Waals surface area (Å²) >= 11 is 5.36. The van der Waals surface area contributed by atoms with Gasteiger partial charge >= 0.3 is 0 Å². The number of thiocarbonyl (C=S) groups is 1. The van der Waals surface area contributed by atoms with E-state index in [1.807, 2.05) is 35.2 Å². The Labute approximate surface area is 125 Å². The zero-order valence-electron chi connectivity index (χ0n) is 12.0. The van der Waals surface area contributed by atoms with Gasteiger partial charge in [0.2, 0.25) is 0 Å². The molecular weight excluding hydrogens is 270 g/mol. The van der Waals surface area contributed by atoms with Gasteiger partial charge in [0, 0.05) is 37.8 Å². The van der Waals surface area contributed by atoms with Crippen LogP contribution in [0.25, 0.3) is 0 Å². The van der Waals surface area contributed by atoms with Gasteiger partial charge in [0.15, 0.2) is 5.11 Å². The second-order valence-corrected chi connectivity index (χ2v) is 5.64. The first kappa shape index (κ1) is 14.8. The van der Waals surface area contributed by atoms with E-state index in [1.54, 1.807) is 0 Å². The van der Waals surface area contributed by atoms with Crippen molar-refractivity contribution in [3.8, 4) is 0 Å². The smallest absolute Gasteiger partial charge is 0.253 e. The summed E-state index contributed by atoms with van der Waals surface area (Å²) in [4.78, 5) is 16.3. The Bertz CT molecular complexity index is 467. The minimum atomic E-state index is 0.105. The molecule has 4 nitrogen and oxygen atoms in total. The van der Waals surface area contributed by atoms with Crippen LogP contribution in [-0.2, 0) is 0 Å². The number of hydrogen-bond acceptors (Lipinski definition) is 2. The minimum Gasteiger partial charge on any atom is -0.360 e. The third-order valence-corrected chi connectivity index (χ3v) is 3.66. The number of benzene rings is 1. The topological polar surface area (TPSA) is 35.6 Å². The fourth-order valence-corrected chi connectivity index (χ4v) is 2.63. The molecule has 0 saturated carbocycles. The minimum absolute atomic E-state index is 0.105. The Hall–Kier alpha value is -1.62. The molecule has 0 atom stereocenters. The summed E-state index contributed by atoms with van der Waals surface area (Å²) in [5.41, 5.74) is 0.754. The monoisotopic (exact) mass is 291 g/mol. The molecule has 2 rings (SSSR count). The Balaban J connectivity index is 1.88. The van der Waals surface area contributed by atoms with Crippen LogP contribution in [0.15, 0.2) is 30.3 Å². The molecule has 0 aromatic heterocycles. The van der Waals surface area contributed by atoms with Gasteiger partial charge in [-0.25, -0.2) is 0 Å². The molecule has 1 N–H and O–H groups in total. The van der Waals surface area contributed by atoms with Gasteiger partial charge in [0.25, 0.3) is 5.91 Å². The SMILES string of the molecule is CC(C)NC(=S)N1CCN(C(=O)c2ccccc2)CC1. The molecule has 0 spiro atoms. The van der Waals surface area contributed by atoms with Crippen LogP contribution in [0.2, 0.25) is 0 Å². The molecular formula is C15H21N3OS. The van der Waals surface area contributed by atoms with Crippen molar-refractivity contribution in [2.24, 2.45) is 0 Å². The molecule has 20 heavy (non-hydrogen) atoms. The second-order valence-electron chi connectivity index (χ2n) is 5.25. The fourth-order valence-electron chi connectivity index (χ4n) is 2.21. The number of piperazine rings is 1. The average Bonchev–Trinajstić information content (AvgIpc) is 2.47. The lowest BCUT2D eigenvalue weighted by molar-refractivity contribution is 0.0691. The fraction of sp³-hybridized carbons (Fsp3) is 0.467. The van der Waals surface area contributed by atoms with Crippen molar-refractivity contribution in [3.63, 3.8) is 0 Å². The molecule has 0 radical (unpaired) electrons. The number of amides is 1. The van der Waals surface area contributed by atoms with Gasteiger partial charge in [0.1, 0.15) is 0 Å². The van der Waals surface area contributed by atoms with E-state index >= 15 is 0 Å². The third-order valence-electron chi connectivity index (χ3n) is 3.29. The number of carbonyl (C=O) groups excluding carboxylic acids is 1. The molecule has 1 fully saturated rings. The quantitative estimate of drug-likeness (QED) is 0.842. The van der Waals surface area contributed by atoms with Gasteiger partial charge in [0.05, 0.1) is 0 Å². The summed E-state index contributed by atoms with van der Waals surface area (Å²) < 4.78 is 0. The lowest BCUT2D eigenvalue weighted by atomic mass is 10.2. The van der Waals surface area contributed by atoms with Crippen LogP contribution in [0.4, 0.5) is 0 Å². The Morgan fingerprint density at radius 3 is 2.20 bits per heavy atom. The van der Waals surface area contributed by atoms with Crippen molar-refractivity contribution in [3.05, 3.63) is 35.9 Å². The van der Waals surface area contributed by atoms with E-state index in [4.69, 9.17) is 12.2 Å². The Morgan fingerprint density at radius 2 is 1.65 bits per heavy atom. The summed E-state index contributed by atoms with van der Waals surface area (Å²) in [7, 11) is 0. The highest BCUT2D eigenvalue weighted by Crippen LogP contribution is 2.09. The predicted molar refractivity (Wildman–Crippen MR) is 84.8 cm³/mol. The Kier molecular flexibility index (Phi) is 4.95. The van der Waals surface area contributed by atoms with Crippen LogP contribution in [0.3, 0.4) is 0 Å². The third kappa shape index (κ3) is 3.70. The predicted octanol–water partition coefficient (Wildman–Crippen LogP) is 1.73. The molecule has 1 amide bonds. The van der Waals surface area contributed by atoms with Gasteiger partial charge < -0.3 is 15.1 Å². The van der Waals surface area contributed by atoms with Crippen molar-refractivity contribution >= 4 is 23.2 Å². The van der Waals surface area contributed by atoms with E-state index in [2.05, 4.69) is 24.1 Å². The van der Waals surface area contributed by atoms with E-state index in [0.717, 1.165) is 23.8 Å². The summed E-state index contributed by atoms with van der Waals surface area (Å²) in [6.45, 7) is 7.15. The van der Waals surface area contributed by atoms with Crippen molar-refractivity contribution < 1.29 is 4.79 Å². The number of hydrogen-bond donors (Lipinski definition) is 1. The summed E-state index contributed by atoms with van der Waals surface area (Å²) in [5.74, 6) is 0.105. The molecule has 1 heterocycles. The zero-order chi connectivity index (χ0) is 14.5. The first-order valence-corrected chi connectivity index (χ1v) is 7.38. The van der Waals surface area contributed by atoms with Crippen molar-refractivity contribution in [2.45, 2.75) is 19.9 Å². The standard InChI is InChI=1S/C15H21N3OS/c1-12(2)16-15(20)18-10-8-17(9-11-18)14(19)13-6-4-3-5-7-13/h3-7,12H,8-11H2,1-2H3,(H,16,20). The molecule has 1 aromatic carbocycles. The van der Waals surface area contributed by atoms with Crippen molar-refractivity contribution in [1.29, 1.82) is 0 Å². The maximum absolute atomic E-state index is 12.3. The first-order valence-electron chi connectivity index (χ1n) is 6.97. The molecule has 1 aliphatic heterocycles. The Morgan fingerprint density at radius 1 is 1.10 bits per heavy atom. The van der Waals surface area contributed by atoms with E-state index in [1.165, 1.54) is 0 Å². The molecule has 1 aromatic rings. The van der Waals surface area contributed by atoms with E-state index in [-0.39, 0.29) is 5.91 Å². The van der Waals surface area contributed by atoms with E-state index in [9.17, 15) is 4.79 Å². The highest BCUT2D eigenvalue weighted by Gasteiger charge is 2.23. The molecule has 0 unspecified atom stereocenters. The maximum Gasteiger partial charge on any atom is 0.253 e. The summed E-state index contributed by atoms with van der Waals surface area (Å²) in [6, 6.07) is 9.77. The van der Waals surface area contributed by atoms with Crippen LogP contribution in [0.5, 0.6) is 0 Å². The highest BCUT2D eigenvalue weighted by molar-refractivity contribution is 7.80. The molecule has 0 bridgehead atoms. The largest absolute Gasteiger partial charge is 0.360 e. The molecule has 5 heteroatoms. The molecule has 108 valence electrons. The summed E-state index contributed by atoms with van der Waals surface area (Å²) in [6.07, 6.45) is 0. The van der Waals surface area contributed by atoms with Gasteiger partial charge in [-0.05, 0) is 38.2 Å². The number of nitrogens with one attached hydrogen (secondary N) is 1. The highest BCUT2D eigenvalue weighted by atomic mass is 32.1. The van der Waals surface area contributed by atoms with Gasteiger partial charge in [-0.3, -0.25) is 4.79 Å². The molecule has 0 aliphatic carbocycles. The van der Waals surface area contributed by atoms with Crippen molar-refractivity contribution in [2.75, 3.05) is 26.2 Å². The van der Waals surface area contributed by atoms with Gasteiger partial charge in [-0.15, -0.1) is 0 Å². The van der Waals surface area contributed by atoms with Crippen LogP contribution < -0.4 is 5.32 Å². The number of nitrogens with zero attached hydrogens (tertiary/aromatic N) is 2. The molecule has 1 saturated heterocycles. The maximum atomic E-state index is 12.3. The van der Waals surface area contributed by atoms with Crippen LogP contribution in [-0.4, -0.2) is 53.0 Å². The summed E-state index contributed by atoms with van der Waals surface area (Å²) in [5, 5.41) is 4.03. The second kappa shape index (κ2) is 6.70. The first-order chi connectivity index (χ1) is 9.58. The lowest BCUT2D eigenvalue weighted by Crippen LogP contribution is -2.53. The van der Waals surface area contributed by atoms with Gasteiger partial charge in [-0.1, -0.05) is 18.2 Å². The zero-order valence-corrected chi connectivity index (χ0v) is 12.8. The van der Waals surface area contributed by atoms with Crippen LogP contribution in [0, 0.1) is 0 Å². The van der Waals surface area contributed by atoms with Crippen molar-refractivity contribution in [1.82, 2.24) is 15.1 Å². The van der Waals surface area contributed by atoms with E-state index in [0.29, 0.717) is 19.1 Å². The number of carbonyl (C=O) groups is 1. The number of rotatable bonds is 2. The van der Waals surface area contributed by atoms with E-state index < -0.39 is 0 Å².